The van der Waals surface area contributed by atoms with Crippen LogP contribution < -0.4 is 15.8 Å². The predicted molar refractivity (Wildman–Crippen MR) is 156 cm³/mol. The van der Waals surface area contributed by atoms with Crippen LogP contribution >= 0.6 is 0 Å². The molecule has 41 heavy (non-hydrogen) atoms. The Kier molecular flexibility index (Phi) is 7.38. The van der Waals surface area contributed by atoms with Crippen molar-refractivity contribution in [3.8, 4) is 11.3 Å². The molecule has 10 nitrogen and oxygen atoms in total. The maximum absolute atomic E-state index is 15.5. The number of aromatic amines is 1. The van der Waals surface area contributed by atoms with E-state index < -0.39 is 5.82 Å². The molecule has 0 saturated carbocycles. The first-order valence-corrected chi connectivity index (χ1v) is 13.8. The van der Waals surface area contributed by atoms with E-state index in [-0.39, 0.29) is 23.1 Å². The molecule has 5 heterocycles. The topological polar surface area (TPSA) is 118 Å². The largest absolute Gasteiger partial charge is 0.393 e. The molecule has 0 atom stereocenters. The molecule has 11 heteroatoms. The number of carbonyl (C=O) groups is 1. The number of piperidine rings is 1. The Morgan fingerprint density at radius 1 is 1.05 bits per heavy atom. The number of pyridine rings is 3. The van der Waals surface area contributed by atoms with Gasteiger partial charge >= 0.3 is 0 Å². The van der Waals surface area contributed by atoms with Crippen LogP contribution in [0.2, 0.25) is 0 Å². The van der Waals surface area contributed by atoms with Gasteiger partial charge in [0.15, 0.2) is 0 Å². The number of amides is 1. The summed E-state index contributed by atoms with van der Waals surface area (Å²) in [6.07, 6.45) is 4.43. The second kappa shape index (κ2) is 11.3. The number of nitrogens with one attached hydrogen (secondary N) is 2. The van der Waals surface area contributed by atoms with E-state index in [2.05, 4.69) is 30.1 Å². The Morgan fingerprint density at radius 2 is 1.83 bits per heavy atom. The summed E-state index contributed by atoms with van der Waals surface area (Å²) in [4.78, 5) is 43.6. The highest BCUT2D eigenvalue weighted by Crippen LogP contribution is 2.31. The number of anilines is 3. The summed E-state index contributed by atoms with van der Waals surface area (Å²) in [5.74, 6) is -0.248. The SMILES string of the molecule is CN1CCN(C(=O)c2ccc(-c3cc(Nc4ccc(N5CCC(O)CC5)cn4)c4c(=O)[nH]ccc4n3)c(F)c2)CC1. The molecule has 1 amide bonds. The summed E-state index contributed by atoms with van der Waals surface area (Å²) in [7, 11) is 2.01. The predicted octanol–water partition coefficient (Wildman–Crippen LogP) is 3.22. The summed E-state index contributed by atoms with van der Waals surface area (Å²) >= 11 is 0. The highest BCUT2D eigenvalue weighted by Gasteiger charge is 2.22. The van der Waals surface area contributed by atoms with E-state index >= 15 is 4.39 Å². The fourth-order valence-electron chi connectivity index (χ4n) is 5.39. The zero-order valence-corrected chi connectivity index (χ0v) is 22.8. The lowest BCUT2D eigenvalue weighted by Gasteiger charge is -2.32. The number of H-pyrrole nitrogens is 1. The van der Waals surface area contributed by atoms with Gasteiger partial charge in [-0.3, -0.25) is 9.59 Å². The van der Waals surface area contributed by atoms with Crippen molar-refractivity contribution in [2.75, 3.05) is 56.5 Å². The molecular weight excluding hydrogens is 525 g/mol. The minimum atomic E-state index is -0.568. The number of hydrogen-bond acceptors (Lipinski definition) is 8. The fraction of sp³-hybridized carbons (Fsp3) is 0.333. The van der Waals surface area contributed by atoms with Crippen LogP contribution in [0.4, 0.5) is 21.6 Å². The van der Waals surface area contributed by atoms with Crippen molar-refractivity contribution in [1.29, 1.82) is 0 Å². The number of carbonyl (C=O) groups excluding carboxylic acids is 1. The van der Waals surface area contributed by atoms with Gasteiger partial charge in [0.2, 0.25) is 0 Å². The molecule has 2 aliphatic heterocycles. The summed E-state index contributed by atoms with van der Waals surface area (Å²) in [5, 5.41) is 13.3. The van der Waals surface area contributed by atoms with Gasteiger partial charge in [0.1, 0.15) is 11.6 Å². The van der Waals surface area contributed by atoms with Crippen molar-refractivity contribution >= 4 is 34.0 Å². The van der Waals surface area contributed by atoms with Crippen LogP contribution in [0.5, 0.6) is 0 Å². The molecule has 2 saturated heterocycles. The van der Waals surface area contributed by atoms with Gasteiger partial charge in [-0.15, -0.1) is 0 Å². The van der Waals surface area contributed by atoms with Crippen LogP contribution in [0, 0.1) is 5.82 Å². The first-order valence-electron chi connectivity index (χ1n) is 13.8. The number of aromatic nitrogens is 3. The van der Waals surface area contributed by atoms with Crippen LogP contribution in [0.3, 0.4) is 0 Å². The van der Waals surface area contributed by atoms with Crippen molar-refractivity contribution in [2.45, 2.75) is 18.9 Å². The second-order valence-corrected chi connectivity index (χ2v) is 10.7. The normalized spacial score (nSPS) is 16.8. The number of aliphatic hydroxyl groups is 1. The molecule has 2 aliphatic rings. The van der Waals surface area contributed by atoms with Crippen molar-refractivity contribution in [1.82, 2.24) is 24.8 Å². The molecule has 212 valence electrons. The van der Waals surface area contributed by atoms with Gasteiger partial charge < -0.3 is 30.1 Å². The molecule has 0 unspecified atom stereocenters. The number of likely N-dealkylation sites (N-methyl/N-ethyl adjacent to an activating group) is 1. The summed E-state index contributed by atoms with van der Waals surface area (Å²) in [5.41, 5.74) is 2.29. The van der Waals surface area contributed by atoms with Crippen LogP contribution in [0.25, 0.3) is 22.2 Å². The minimum absolute atomic E-state index is 0.195. The molecular formula is C30H32FN7O3. The van der Waals surface area contributed by atoms with Crippen molar-refractivity contribution in [2.24, 2.45) is 0 Å². The Bertz CT molecular complexity index is 1630. The van der Waals surface area contributed by atoms with E-state index in [0.717, 1.165) is 44.7 Å². The number of aliphatic hydroxyl groups excluding tert-OH is 1. The molecule has 3 N–H and O–H groups in total. The Hall–Kier alpha value is -4.35. The summed E-state index contributed by atoms with van der Waals surface area (Å²) in [6.45, 7) is 4.28. The van der Waals surface area contributed by atoms with Crippen LogP contribution in [0.15, 0.2) is 59.7 Å². The van der Waals surface area contributed by atoms with E-state index in [9.17, 15) is 14.7 Å². The molecule has 2 fully saturated rings. The molecule has 6 rings (SSSR count). The summed E-state index contributed by atoms with van der Waals surface area (Å²) < 4.78 is 15.5. The minimum Gasteiger partial charge on any atom is -0.393 e. The van der Waals surface area contributed by atoms with Gasteiger partial charge in [-0.25, -0.2) is 14.4 Å². The third-order valence-electron chi connectivity index (χ3n) is 7.85. The van der Waals surface area contributed by atoms with Gasteiger partial charge in [-0.1, -0.05) is 0 Å². The number of nitrogens with zero attached hydrogens (tertiary/aromatic N) is 5. The van der Waals surface area contributed by atoms with Gasteiger partial charge in [-0.05, 0) is 62.4 Å². The quantitative estimate of drug-likeness (QED) is 0.343. The maximum atomic E-state index is 15.5. The number of halogens is 1. The molecule has 3 aromatic heterocycles. The Balaban J connectivity index is 1.29. The first kappa shape index (κ1) is 26.9. The average Bonchev–Trinajstić information content (AvgIpc) is 2.98. The smallest absolute Gasteiger partial charge is 0.259 e. The molecule has 0 radical (unpaired) electrons. The molecule has 0 bridgehead atoms. The van der Waals surface area contributed by atoms with Crippen molar-refractivity contribution in [3.05, 3.63) is 76.6 Å². The zero-order chi connectivity index (χ0) is 28.5. The van der Waals surface area contributed by atoms with Gasteiger partial charge in [0, 0.05) is 56.6 Å². The van der Waals surface area contributed by atoms with E-state index in [1.165, 1.54) is 12.3 Å². The van der Waals surface area contributed by atoms with Crippen LogP contribution in [-0.2, 0) is 0 Å². The van der Waals surface area contributed by atoms with E-state index in [4.69, 9.17) is 0 Å². The third-order valence-corrected chi connectivity index (χ3v) is 7.85. The lowest BCUT2D eigenvalue weighted by atomic mass is 10.0. The van der Waals surface area contributed by atoms with E-state index in [1.807, 2.05) is 19.2 Å². The van der Waals surface area contributed by atoms with Crippen molar-refractivity contribution in [3.63, 3.8) is 0 Å². The number of rotatable bonds is 5. The Morgan fingerprint density at radius 3 is 2.54 bits per heavy atom. The molecule has 1 aromatic carbocycles. The number of piperazine rings is 1. The van der Waals surface area contributed by atoms with Gasteiger partial charge in [0.25, 0.3) is 11.5 Å². The number of benzene rings is 1. The van der Waals surface area contributed by atoms with Crippen molar-refractivity contribution < 1.29 is 14.3 Å². The fourth-order valence-corrected chi connectivity index (χ4v) is 5.39. The lowest BCUT2D eigenvalue weighted by molar-refractivity contribution is 0.0663. The van der Waals surface area contributed by atoms with E-state index in [0.29, 0.717) is 46.8 Å². The summed E-state index contributed by atoms with van der Waals surface area (Å²) in [6, 6.07) is 11.5. The molecule has 0 aliphatic carbocycles. The standard InChI is InChI=1S/C30H32FN7O3/c1-36-12-14-38(15-13-36)30(41)19-2-4-22(23(31)16-19)25-17-26(28-24(34-25)6-9-32-29(28)40)35-27-5-3-20(18-33-27)37-10-7-21(39)8-11-37/h2-6,9,16-18,21,39H,7-8,10-15H2,1H3,(H,32,40)(H,33,34,35). The third kappa shape index (κ3) is 5.63. The zero-order valence-electron chi connectivity index (χ0n) is 22.8. The average molecular weight is 558 g/mol. The lowest BCUT2D eigenvalue weighted by Crippen LogP contribution is -2.47. The highest BCUT2D eigenvalue weighted by atomic mass is 19.1. The molecule has 4 aromatic rings. The van der Waals surface area contributed by atoms with Crippen LogP contribution in [0.1, 0.15) is 23.2 Å². The number of hydrogen-bond donors (Lipinski definition) is 3. The molecule has 0 spiro atoms. The Labute approximate surface area is 236 Å². The van der Waals surface area contributed by atoms with Gasteiger partial charge in [0.05, 0.1) is 40.3 Å². The van der Waals surface area contributed by atoms with E-state index in [1.54, 1.807) is 35.4 Å². The van der Waals surface area contributed by atoms with Crippen LogP contribution in [-0.4, -0.2) is 88.2 Å². The second-order valence-electron chi connectivity index (χ2n) is 10.7. The maximum Gasteiger partial charge on any atom is 0.259 e. The number of fused-ring (bicyclic) bond motifs is 1. The first-order chi connectivity index (χ1) is 19.9. The monoisotopic (exact) mass is 557 g/mol. The van der Waals surface area contributed by atoms with Gasteiger partial charge in [-0.2, -0.15) is 0 Å². The highest BCUT2D eigenvalue weighted by molar-refractivity contribution is 5.96.